The molecule has 94 valence electrons. The lowest BCUT2D eigenvalue weighted by molar-refractivity contribution is 0.801. The molecule has 0 unspecified atom stereocenters. The lowest BCUT2D eigenvalue weighted by Crippen LogP contribution is -2.02. The Bertz CT molecular complexity index is 536. The van der Waals surface area contributed by atoms with Gasteiger partial charge < -0.3 is 0 Å². The Balaban J connectivity index is 1.97. The highest BCUT2D eigenvalue weighted by atomic mass is 35.5. The number of rotatable bonds is 4. The van der Waals surface area contributed by atoms with Crippen LogP contribution in [0.4, 0.5) is 0 Å². The molecule has 0 aliphatic heterocycles. The minimum absolute atomic E-state index is 0.513. The van der Waals surface area contributed by atoms with Crippen LogP contribution in [-0.4, -0.2) is 14.8 Å². The highest BCUT2D eigenvalue weighted by Crippen LogP contribution is 2.38. The van der Waals surface area contributed by atoms with Crippen LogP contribution in [0.1, 0.15) is 42.6 Å². The zero-order chi connectivity index (χ0) is 12.5. The first-order valence-corrected chi connectivity index (χ1v) is 6.95. The fourth-order valence-corrected chi connectivity index (χ4v) is 2.23. The van der Waals surface area contributed by atoms with E-state index in [0.29, 0.717) is 11.8 Å². The van der Waals surface area contributed by atoms with Crippen molar-refractivity contribution in [2.24, 2.45) is 0 Å². The van der Waals surface area contributed by atoms with Crippen molar-refractivity contribution in [3.05, 3.63) is 41.3 Å². The van der Waals surface area contributed by atoms with Gasteiger partial charge in [-0.15, -0.1) is 11.6 Å². The summed E-state index contributed by atoms with van der Waals surface area (Å²) in [6, 6.07) is 6.16. The van der Waals surface area contributed by atoms with E-state index in [2.05, 4.69) is 29.1 Å². The van der Waals surface area contributed by atoms with Gasteiger partial charge in [0.2, 0.25) is 0 Å². The maximum Gasteiger partial charge on any atom is 0.153 e. The Hall–Kier alpha value is -1.35. The smallest absolute Gasteiger partial charge is 0.153 e. The van der Waals surface area contributed by atoms with E-state index < -0.39 is 0 Å². The van der Waals surface area contributed by atoms with E-state index in [1.807, 2.05) is 16.9 Å². The Morgan fingerprint density at radius 1 is 1.39 bits per heavy atom. The number of alkyl halides is 1. The molecule has 1 aliphatic rings. The van der Waals surface area contributed by atoms with Crippen molar-refractivity contribution in [1.29, 1.82) is 0 Å². The van der Waals surface area contributed by atoms with Crippen LogP contribution in [0.25, 0.3) is 5.82 Å². The molecule has 0 atom stereocenters. The zero-order valence-electron chi connectivity index (χ0n) is 10.4. The number of aryl methyl sites for hydroxylation is 1. The molecule has 1 fully saturated rings. The van der Waals surface area contributed by atoms with Gasteiger partial charge in [0.1, 0.15) is 0 Å². The average molecular weight is 262 g/mol. The molecule has 2 heterocycles. The number of halogens is 1. The molecule has 1 saturated carbocycles. The summed E-state index contributed by atoms with van der Waals surface area (Å²) < 4.78 is 1.86. The normalized spacial score (nSPS) is 15.0. The first-order chi connectivity index (χ1) is 8.80. The van der Waals surface area contributed by atoms with Crippen LogP contribution in [-0.2, 0) is 12.3 Å². The van der Waals surface area contributed by atoms with Gasteiger partial charge in [-0.3, -0.25) is 0 Å². The van der Waals surface area contributed by atoms with Crippen LogP contribution in [0.2, 0.25) is 0 Å². The molecule has 0 N–H and O–H groups in total. The molecule has 2 aromatic rings. The molecule has 0 spiro atoms. The minimum atomic E-state index is 0.513. The van der Waals surface area contributed by atoms with Gasteiger partial charge in [0.05, 0.1) is 5.69 Å². The van der Waals surface area contributed by atoms with Gasteiger partial charge >= 0.3 is 0 Å². The molecule has 2 aromatic heterocycles. The van der Waals surface area contributed by atoms with Crippen LogP contribution in [0.5, 0.6) is 0 Å². The standard InChI is InChI=1S/C14H16ClN3/c1-2-12-7-10(9-15)8-14(16-12)18-6-5-13(17-18)11-3-4-11/h5-8,11H,2-4,9H2,1H3. The summed E-state index contributed by atoms with van der Waals surface area (Å²) in [5.41, 5.74) is 3.35. The number of hydrogen-bond acceptors (Lipinski definition) is 2. The van der Waals surface area contributed by atoms with Crippen molar-refractivity contribution < 1.29 is 0 Å². The zero-order valence-corrected chi connectivity index (χ0v) is 11.2. The lowest BCUT2D eigenvalue weighted by atomic mass is 10.2. The Kier molecular flexibility index (Phi) is 3.08. The van der Waals surface area contributed by atoms with Crippen molar-refractivity contribution in [2.75, 3.05) is 0 Å². The van der Waals surface area contributed by atoms with Gasteiger partial charge in [0, 0.05) is 23.7 Å². The van der Waals surface area contributed by atoms with Gasteiger partial charge in [-0.1, -0.05) is 6.92 Å². The SMILES string of the molecule is CCc1cc(CCl)cc(-n2ccc(C3CC3)n2)n1. The van der Waals surface area contributed by atoms with Crippen LogP contribution >= 0.6 is 11.6 Å². The summed E-state index contributed by atoms with van der Waals surface area (Å²) in [6.07, 6.45) is 5.45. The third kappa shape index (κ3) is 2.27. The van der Waals surface area contributed by atoms with Gasteiger partial charge in [-0.05, 0) is 43.0 Å². The van der Waals surface area contributed by atoms with Gasteiger partial charge in [-0.25, -0.2) is 9.67 Å². The molecule has 0 radical (unpaired) electrons. The highest BCUT2D eigenvalue weighted by Gasteiger charge is 2.26. The van der Waals surface area contributed by atoms with E-state index in [1.54, 1.807) is 0 Å². The quantitative estimate of drug-likeness (QED) is 0.790. The predicted molar refractivity (Wildman–Crippen MR) is 72.3 cm³/mol. The summed E-state index contributed by atoms with van der Waals surface area (Å²) in [7, 11) is 0. The second-order valence-corrected chi connectivity index (χ2v) is 5.04. The van der Waals surface area contributed by atoms with Crippen molar-refractivity contribution in [2.45, 2.75) is 38.0 Å². The first-order valence-electron chi connectivity index (χ1n) is 6.42. The van der Waals surface area contributed by atoms with E-state index in [1.165, 1.54) is 18.5 Å². The van der Waals surface area contributed by atoms with Crippen LogP contribution < -0.4 is 0 Å². The van der Waals surface area contributed by atoms with Crippen molar-refractivity contribution in [3.8, 4) is 5.82 Å². The second-order valence-electron chi connectivity index (χ2n) is 4.77. The topological polar surface area (TPSA) is 30.7 Å². The fourth-order valence-electron chi connectivity index (χ4n) is 2.07. The molecule has 3 rings (SSSR count). The number of nitrogens with zero attached hydrogens (tertiary/aromatic N) is 3. The summed E-state index contributed by atoms with van der Waals surface area (Å²) in [4.78, 5) is 4.60. The van der Waals surface area contributed by atoms with Crippen LogP contribution in [0, 0.1) is 0 Å². The largest absolute Gasteiger partial charge is 0.234 e. The Labute approximate surface area is 112 Å². The molecular formula is C14H16ClN3. The third-order valence-electron chi connectivity index (χ3n) is 3.28. The summed E-state index contributed by atoms with van der Waals surface area (Å²) in [6.45, 7) is 2.10. The van der Waals surface area contributed by atoms with Crippen LogP contribution in [0.15, 0.2) is 24.4 Å². The van der Waals surface area contributed by atoms with Crippen LogP contribution in [0.3, 0.4) is 0 Å². The maximum absolute atomic E-state index is 5.92. The minimum Gasteiger partial charge on any atom is -0.234 e. The number of aromatic nitrogens is 3. The molecule has 4 heteroatoms. The monoisotopic (exact) mass is 261 g/mol. The van der Waals surface area contributed by atoms with Crippen molar-refractivity contribution >= 4 is 11.6 Å². The lowest BCUT2D eigenvalue weighted by Gasteiger charge is -2.06. The van der Waals surface area contributed by atoms with E-state index in [9.17, 15) is 0 Å². The van der Waals surface area contributed by atoms with E-state index in [0.717, 1.165) is 23.5 Å². The van der Waals surface area contributed by atoms with Gasteiger partial charge in [0.15, 0.2) is 5.82 Å². The summed E-state index contributed by atoms with van der Waals surface area (Å²) in [5, 5.41) is 4.60. The Morgan fingerprint density at radius 3 is 2.89 bits per heavy atom. The van der Waals surface area contributed by atoms with Gasteiger partial charge in [0.25, 0.3) is 0 Å². The molecular weight excluding hydrogens is 246 g/mol. The molecule has 3 nitrogen and oxygen atoms in total. The molecule has 18 heavy (non-hydrogen) atoms. The molecule has 0 bridgehead atoms. The fraction of sp³-hybridized carbons (Fsp3) is 0.429. The maximum atomic E-state index is 5.92. The molecule has 1 aliphatic carbocycles. The molecule has 0 aromatic carbocycles. The van der Waals surface area contributed by atoms with E-state index in [4.69, 9.17) is 11.6 Å². The summed E-state index contributed by atoms with van der Waals surface area (Å²) >= 11 is 5.92. The van der Waals surface area contributed by atoms with E-state index >= 15 is 0 Å². The predicted octanol–water partition coefficient (Wildman–Crippen LogP) is 3.45. The number of hydrogen-bond donors (Lipinski definition) is 0. The van der Waals surface area contributed by atoms with E-state index in [-0.39, 0.29) is 0 Å². The highest BCUT2D eigenvalue weighted by molar-refractivity contribution is 6.17. The van der Waals surface area contributed by atoms with Gasteiger partial charge in [-0.2, -0.15) is 5.10 Å². The molecule has 0 amide bonds. The first kappa shape index (κ1) is 11.7. The molecule has 0 saturated heterocycles. The second kappa shape index (κ2) is 4.73. The Morgan fingerprint density at radius 2 is 2.22 bits per heavy atom. The van der Waals surface area contributed by atoms with Crippen molar-refractivity contribution in [3.63, 3.8) is 0 Å². The summed E-state index contributed by atoms with van der Waals surface area (Å²) in [5.74, 6) is 2.06. The third-order valence-corrected chi connectivity index (χ3v) is 3.59. The number of pyridine rings is 1. The van der Waals surface area contributed by atoms with Crippen molar-refractivity contribution in [1.82, 2.24) is 14.8 Å². The average Bonchev–Trinajstić information content (AvgIpc) is 3.15.